The Kier molecular flexibility index (Phi) is 6.80. The highest BCUT2D eigenvalue weighted by atomic mass is 32.3. The molecule has 0 heterocycles. The molecule has 15 heteroatoms. The first-order valence-corrected chi connectivity index (χ1v) is 8.74. The van der Waals surface area contributed by atoms with Crippen LogP contribution in [0.3, 0.4) is 0 Å². The summed E-state index contributed by atoms with van der Waals surface area (Å²) in [6, 6.07) is 0. The number of rotatable bonds is 9. The van der Waals surface area contributed by atoms with E-state index in [0.717, 1.165) is 6.92 Å². The molecule has 0 aliphatic rings. The van der Waals surface area contributed by atoms with Crippen molar-refractivity contribution in [1.29, 1.82) is 0 Å². The lowest BCUT2D eigenvalue weighted by molar-refractivity contribution is -0.249. The van der Waals surface area contributed by atoms with Crippen LogP contribution in [-0.2, 0) is 10.0 Å². The quantitative estimate of drug-likeness (QED) is 0.442. The van der Waals surface area contributed by atoms with Crippen molar-refractivity contribution in [2.45, 2.75) is 23.4 Å². The minimum atomic E-state index is -6.79. The predicted octanol–water partition coefficient (Wildman–Crippen LogP) is 1.90. The van der Waals surface area contributed by atoms with Crippen molar-refractivity contribution < 1.29 is 48.4 Å². The van der Waals surface area contributed by atoms with E-state index >= 15 is 0 Å². The van der Waals surface area contributed by atoms with Crippen LogP contribution in [-0.4, -0.2) is 69.5 Å². The number of sulfonamides is 1. The van der Waals surface area contributed by atoms with Gasteiger partial charge >= 0.3 is 16.4 Å². The van der Waals surface area contributed by atoms with Crippen LogP contribution in [0.4, 0.5) is 26.3 Å². The predicted molar refractivity (Wildman–Crippen MR) is 70.4 cm³/mol. The van der Waals surface area contributed by atoms with Gasteiger partial charge in [0.1, 0.15) is 0 Å². The molecule has 0 bridgehead atoms. The Morgan fingerprint density at radius 2 is 1.43 bits per heavy atom. The van der Waals surface area contributed by atoms with E-state index in [-0.39, 0.29) is 10.8 Å². The Bertz CT molecular complexity index is 510. The first kappa shape index (κ1) is 22.7. The smallest absolute Gasteiger partial charge is 0.318 e. The second-order valence-electron chi connectivity index (χ2n) is 4.23. The summed E-state index contributed by atoms with van der Waals surface area (Å²) in [5.41, 5.74) is 0. The van der Waals surface area contributed by atoms with Crippen LogP contribution in [0.1, 0.15) is 6.92 Å². The first-order valence-electron chi connectivity index (χ1n) is 5.80. The summed E-state index contributed by atoms with van der Waals surface area (Å²) in [7, 11) is -11.5. The van der Waals surface area contributed by atoms with Crippen LogP contribution in [0.5, 0.6) is 0 Å². The number of hydrogen-bond donors (Lipinski definition) is 4. The fourth-order valence-corrected chi connectivity index (χ4v) is 3.34. The largest absolute Gasteiger partial charge is 0.428 e. The van der Waals surface area contributed by atoms with Gasteiger partial charge in [-0.3, -0.25) is 0 Å². The van der Waals surface area contributed by atoms with Crippen LogP contribution < -0.4 is 5.32 Å². The lowest BCUT2D eigenvalue weighted by Crippen LogP contribution is -2.62. The highest BCUT2D eigenvalue weighted by molar-refractivity contribution is 8.20. The van der Waals surface area contributed by atoms with Gasteiger partial charge in [0.2, 0.25) is 0 Å². The van der Waals surface area contributed by atoms with Gasteiger partial charge in [-0.1, -0.05) is 6.92 Å². The molecule has 0 rings (SSSR count). The van der Waals surface area contributed by atoms with Crippen LogP contribution in [0.2, 0.25) is 0 Å². The van der Waals surface area contributed by atoms with Gasteiger partial charge in [0.05, 0.1) is 0 Å². The number of hydrogen-bond acceptors (Lipinski definition) is 6. The standard InChI is InChI=1S/C8H16F6N2O5S2/c1-3-16(5-4-15-2)22(17,18)7(11,12)6(9,10)8(13,14)23(19,20)21/h15,19-21H,3-5H2,1-2H3. The van der Waals surface area contributed by atoms with E-state index in [2.05, 4.69) is 5.32 Å². The Hall–Kier alpha value is -0.320. The monoisotopic (exact) mass is 398 g/mol. The summed E-state index contributed by atoms with van der Waals surface area (Å²) in [6.45, 7) is -0.724. The number of halogens is 6. The van der Waals surface area contributed by atoms with Gasteiger partial charge in [-0.15, -0.1) is 0 Å². The number of alkyl halides is 6. The van der Waals surface area contributed by atoms with Crippen molar-refractivity contribution in [1.82, 2.24) is 9.62 Å². The summed E-state index contributed by atoms with van der Waals surface area (Å²) in [4.78, 5) is 0. The maximum absolute atomic E-state index is 13.7. The average Bonchev–Trinajstić information content (AvgIpc) is 2.37. The van der Waals surface area contributed by atoms with Crippen LogP contribution in [0.15, 0.2) is 0 Å². The molecule has 0 aliphatic carbocycles. The van der Waals surface area contributed by atoms with Gasteiger partial charge in [0.15, 0.2) is 10.9 Å². The average molecular weight is 398 g/mol. The van der Waals surface area contributed by atoms with Crippen LogP contribution in [0, 0.1) is 0 Å². The molecule has 142 valence electrons. The Labute approximate surface area is 129 Å². The van der Waals surface area contributed by atoms with Crippen molar-refractivity contribution in [3.8, 4) is 0 Å². The Balaban J connectivity index is 6.03. The maximum atomic E-state index is 13.7. The summed E-state index contributed by atoms with van der Waals surface area (Å²) in [5, 5.41) is -10.6. The molecule has 0 aliphatic heterocycles. The zero-order chi connectivity index (χ0) is 18.9. The van der Waals surface area contributed by atoms with Gasteiger partial charge in [-0.25, -0.2) is 8.42 Å². The van der Waals surface area contributed by atoms with E-state index in [1.165, 1.54) is 7.05 Å². The molecule has 0 aromatic carbocycles. The van der Waals surface area contributed by atoms with E-state index in [0.29, 0.717) is 0 Å². The van der Waals surface area contributed by atoms with Gasteiger partial charge in [0.25, 0.3) is 10.0 Å². The third-order valence-corrected chi connectivity index (χ3v) is 5.67. The molecule has 4 N–H and O–H groups in total. The van der Waals surface area contributed by atoms with Crippen molar-refractivity contribution in [3.05, 3.63) is 0 Å². The molecule has 0 radical (unpaired) electrons. The Morgan fingerprint density at radius 3 is 1.74 bits per heavy atom. The minimum Gasteiger partial charge on any atom is -0.318 e. The Morgan fingerprint density at radius 1 is 1.00 bits per heavy atom. The molecule has 23 heavy (non-hydrogen) atoms. The molecule has 0 aromatic rings. The molecule has 7 nitrogen and oxygen atoms in total. The molecular formula is C8H16F6N2O5S2. The normalized spacial score (nSPS) is 16.0. The molecule has 0 aromatic heterocycles. The molecule has 0 amide bonds. The van der Waals surface area contributed by atoms with Crippen LogP contribution in [0.25, 0.3) is 0 Å². The summed E-state index contributed by atoms with van der Waals surface area (Å²) in [5.74, 6) is -6.79. The molecule has 0 atom stereocenters. The summed E-state index contributed by atoms with van der Waals surface area (Å²) >= 11 is 0. The van der Waals surface area contributed by atoms with E-state index in [1.807, 2.05) is 0 Å². The maximum Gasteiger partial charge on any atom is 0.428 e. The van der Waals surface area contributed by atoms with Gasteiger partial charge < -0.3 is 19.0 Å². The number of nitrogens with zero attached hydrogens (tertiary/aromatic N) is 1. The lowest BCUT2D eigenvalue weighted by atomic mass is 10.3. The highest BCUT2D eigenvalue weighted by Gasteiger charge is 2.82. The number of likely N-dealkylation sites (N-methyl/N-ethyl adjacent to an activating group) is 2. The van der Waals surface area contributed by atoms with E-state index in [9.17, 15) is 34.8 Å². The second-order valence-corrected chi connectivity index (χ2v) is 7.76. The van der Waals surface area contributed by atoms with Gasteiger partial charge in [-0.2, -0.15) is 30.6 Å². The second kappa shape index (κ2) is 6.89. The zero-order valence-corrected chi connectivity index (χ0v) is 13.4. The van der Waals surface area contributed by atoms with Crippen molar-refractivity contribution in [2.24, 2.45) is 0 Å². The van der Waals surface area contributed by atoms with Gasteiger partial charge in [0, 0.05) is 19.6 Å². The molecule has 0 spiro atoms. The van der Waals surface area contributed by atoms with Gasteiger partial charge in [-0.05, 0) is 7.05 Å². The van der Waals surface area contributed by atoms with E-state index < -0.39 is 50.4 Å². The molecule has 0 saturated carbocycles. The highest BCUT2D eigenvalue weighted by Crippen LogP contribution is 2.63. The van der Waals surface area contributed by atoms with E-state index in [4.69, 9.17) is 13.7 Å². The van der Waals surface area contributed by atoms with E-state index in [1.54, 1.807) is 0 Å². The number of nitrogens with one attached hydrogen (secondary N) is 1. The summed E-state index contributed by atoms with van der Waals surface area (Å²) in [6.07, 6.45) is 0. The molecule has 0 unspecified atom stereocenters. The van der Waals surface area contributed by atoms with Crippen LogP contribution >= 0.6 is 10.9 Å². The SMILES string of the molecule is CCN(CCNC)S(=O)(=O)C(F)(F)C(F)(F)C(F)(F)S(O)(O)O. The lowest BCUT2D eigenvalue weighted by Gasteiger charge is -2.38. The third-order valence-electron chi connectivity index (χ3n) is 2.70. The molecule has 0 fully saturated rings. The first-order chi connectivity index (χ1) is 10.0. The summed E-state index contributed by atoms with van der Waals surface area (Å²) < 4.78 is 128. The third kappa shape index (κ3) is 3.69. The van der Waals surface area contributed by atoms with Crippen molar-refractivity contribution in [2.75, 3.05) is 26.7 Å². The fourth-order valence-electron chi connectivity index (χ4n) is 1.35. The van der Waals surface area contributed by atoms with Crippen molar-refractivity contribution >= 4 is 20.9 Å². The molecule has 0 saturated heterocycles. The van der Waals surface area contributed by atoms with Crippen molar-refractivity contribution in [3.63, 3.8) is 0 Å². The fraction of sp³-hybridized carbons (Fsp3) is 1.00. The molecular weight excluding hydrogens is 382 g/mol. The topological polar surface area (TPSA) is 110 Å². The zero-order valence-electron chi connectivity index (χ0n) is 11.8. The minimum absolute atomic E-state index is 0.184.